The number of carbonyl (C=O) groups excluding carboxylic acids is 2. The normalized spacial score (nSPS) is 11.4. The van der Waals surface area contributed by atoms with E-state index in [4.69, 9.17) is 9.84 Å². The minimum atomic E-state index is -0.687. The second-order valence-electron chi connectivity index (χ2n) is 3.97. The second-order valence-corrected chi connectivity index (χ2v) is 3.97. The van der Waals surface area contributed by atoms with Crippen molar-refractivity contribution < 1.29 is 19.4 Å². The lowest BCUT2D eigenvalue weighted by atomic mass is 10.2. The van der Waals surface area contributed by atoms with Gasteiger partial charge in [-0.1, -0.05) is 6.08 Å². The van der Waals surface area contributed by atoms with Crippen LogP contribution in [0.2, 0.25) is 0 Å². The first-order valence-electron chi connectivity index (χ1n) is 6.21. The summed E-state index contributed by atoms with van der Waals surface area (Å²) >= 11 is 0. The van der Waals surface area contributed by atoms with E-state index < -0.39 is 17.9 Å². The first kappa shape index (κ1) is 15.7. The molecule has 0 bridgehead atoms. The van der Waals surface area contributed by atoms with Crippen LogP contribution in [0.15, 0.2) is 36.9 Å². The van der Waals surface area contributed by atoms with E-state index in [9.17, 15) is 9.59 Å². The minimum Gasteiger partial charge on any atom is -0.508 e. The maximum absolute atomic E-state index is 11.8. The standard InChI is InChI=1S/C14H18N2O4/c1-3-5-12(14(19)20-4-2)15-16-13(18)10-6-8-11(17)9-7-10/h3,6-9,12,15,17H,1,4-5H2,2H3,(H,16,18)/t12-/m1/s1. The molecule has 20 heavy (non-hydrogen) atoms. The molecule has 0 aliphatic rings. The number of phenols is 1. The molecular weight excluding hydrogens is 260 g/mol. The molecule has 1 aromatic carbocycles. The number of ether oxygens (including phenoxy) is 1. The summed E-state index contributed by atoms with van der Waals surface area (Å²) in [5.41, 5.74) is 5.39. The summed E-state index contributed by atoms with van der Waals surface area (Å²) in [5, 5.41) is 9.14. The van der Waals surface area contributed by atoms with Crippen LogP contribution < -0.4 is 10.9 Å². The van der Waals surface area contributed by atoms with Crippen LogP contribution in [0.1, 0.15) is 23.7 Å². The average Bonchev–Trinajstić information content (AvgIpc) is 2.44. The molecule has 1 atom stereocenters. The number of benzene rings is 1. The lowest BCUT2D eigenvalue weighted by Gasteiger charge is -2.16. The fourth-order valence-corrected chi connectivity index (χ4v) is 1.46. The third-order valence-electron chi connectivity index (χ3n) is 2.46. The topological polar surface area (TPSA) is 87.7 Å². The van der Waals surface area contributed by atoms with Crippen LogP contribution in [0.4, 0.5) is 0 Å². The van der Waals surface area contributed by atoms with Crippen molar-refractivity contribution in [3.8, 4) is 5.75 Å². The Morgan fingerprint density at radius 1 is 1.40 bits per heavy atom. The van der Waals surface area contributed by atoms with Crippen LogP contribution in [-0.2, 0) is 9.53 Å². The Kier molecular flexibility index (Phi) is 6.25. The maximum Gasteiger partial charge on any atom is 0.325 e. The zero-order valence-corrected chi connectivity index (χ0v) is 11.3. The summed E-state index contributed by atoms with van der Waals surface area (Å²) < 4.78 is 4.88. The fraction of sp³-hybridized carbons (Fsp3) is 0.286. The molecule has 1 aromatic rings. The predicted octanol–water partition coefficient (Wildman–Crippen LogP) is 1.13. The SMILES string of the molecule is C=CC[C@@H](NNC(=O)c1ccc(O)cc1)C(=O)OCC. The molecule has 0 saturated heterocycles. The average molecular weight is 278 g/mol. The number of esters is 1. The van der Waals surface area contributed by atoms with Crippen molar-refractivity contribution in [3.63, 3.8) is 0 Å². The molecule has 0 unspecified atom stereocenters. The van der Waals surface area contributed by atoms with Crippen LogP contribution >= 0.6 is 0 Å². The van der Waals surface area contributed by atoms with E-state index in [1.807, 2.05) is 0 Å². The zero-order chi connectivity index (χ0) is 15.0. The van der Waals surface area contributed by atoms with Crippen LogP contribution in [0, 0.1) is 0 Å². The van der Waals surface area contributed by atoms with Crippen molar-refractivity contribution in [1.29, 1.82) is 0 Å². The zero-order valence-electron chi connectivity index (χ0n) is 11.3. The van der Waals surface area contributed by atoms with Gasteiger partial charge in [-0.3, -0.25) is 15.0 Å². The molecule has 0 aliphatic carbocycles. The number of phenolic OH excluding ortho intramolecular Hbond substituents is 1. The Hall–Kier alpha value is -2.34. The molecule has 0 saturated carbocycles. The van der Waals surface area contributed by atoms with Gasteiger partial charge in [0.1, 0.15) is 11.8 Å². The summed E-state index contributed by atoms with van der Waals surface area (Å²) in [6.45, 7) is 5.52. The quantitative estimate of drug-likeness (QED) is 0.395. The molecule has 3 N–H and O–H groups in total. The summed E-state index contributed by atoms with van der Waals surface area (Å²) in [4.78, 5) is 23.4. The van der Waals surface area contributed by atoms with E-state index >= 15 is 0 Å². The van der Waals surface area contributed by atoms with Crippen molar-refractivity contribution in [3.05, 3.63) is 42.5 Å². The van der Waals surface area contributed by atoms with Crippen LogP contribution in [-0.4, -0.2) is 29.6 Å². The fourth-order valence-electron chi connectivity index (χ4n) is 1.46. The highest BCUT2D eigenvalue weighted by molar-refractivity contribution is 5.94. The Morgan fingerprint density at radius 2 is 2.05 bits per heavy atom. The monoisotopic (exact) mass is 278 g/mol. The highest BCUT2D eigenvalue weighted by Crippen LogP contribution is 2.09. The van der Waals surface area contributed by atoms with E-state index in [-0.39, 0.29) is 12.4 Å². The van der Waals surface area contributed by atoms with Crippen molar-refractivity contribution in [2.24, 2.45) is 0 Å². The summed E-state index contributed by atoms with van der Waals surface area (Å²) in [6, 6.07) is 5.06. The number of hydrogen-bond donors (Lipinski definition) is 3. The van der Waals surface area contributed by atoms with Gasteiger partial charge >= 0.3 is 5.97 Å². The second kappa shape index (κ2) is 7.96. The van der Waals surface area contributed by atoms with Gasteiger partial charge < -0.3 is 9.84 Å². The Labute approximate surface area is 117 Å². The van der Waals surface area contributed by atoms with Gasteiger partial charge in [-0.2, -0.15) is 0 Å². The van der Waals surface area contributed by atoms with Crippen molar-refractivity contribution in [2.75, 3.05) is 6.61 Å². The van der Waals surface area contributed by atoms with Gasteiger partial charge in [0.2, 0.25) is 0 Å². The van der Waals surface area contributed by atoms with E-state index in [1.54, 1.807) is 13.0 Å². The molecule has 0 radical (unpaired) electrons. The molecule has 0 heterocycles. The molecule has 0 spiro atoms. The number of carbonyl (C=O) groups is 2. The summed E-state index contributed by atoms with van der Waals surface area (Å²) in [5.74, 6) is -0.799. The molecule has 6 nitrogen and oxygen atoms in total. The molecule has 1 rings (SSSR count). The van der Waals surface area contributed by atoms with Crippen molar-refractivity contribution in [1.82, 2.24) is 10.9 Å². The number of hydrazine groups is 1. The maximum atomic E-state index is 11.8. The number of rotatable bonds is 7. The highest BCUT2D eigenvalue weighted by atomic mass is 16.5. The largest absolute Gasteiger partial charge is 0.508 e. The Balaban J connectivity index is 2.58. The van der Waals surface area contributed by atoms with Gasteiger partial charge in [0.25, 0.3) is 5.91 Å². The van der Waals surface area contributed by atoms with E-state index in [2.05, 4.69) is 17.4 Å². The van der Waals surface area contributed by atoms with Gasteiger partial charge in [-0.05, 0) is 37.6 Å². The Morgan fingerprint density at radius 3 is 2.60 bits per heavy atom. The van der Waals surface area contributed by atoms with Crippen molar-refractivity contribution in [2.45, 2.75) is 19.4 Å². The van der Waals surface area contributed by atoms with E-state index in [0.717, 1.165) is 0 Å². The minimum absolute atomic E-state index is 0.0746. The van der Waals surface area contributed by atoms with Crippen LogP contribution in [0.25, 0.3) is 0 Å². The summed E-state index contributed by atoms with van der Waals surface area (Å²) in [6.07, 6.45) is 1.88. The molecule has 0 aliphatic heterocycles. The van der Waals surface area contributed by atoms with Crippen molar-refractivity contribution >= 4 is 11.9 Å². The number of hydrogen-bond acceptors (Lipinski definition) is 5. The third kappa shape index (κ3) is 4.74. The van der Waals surface area contributed by atoms with Gasteiger partial charge in [-0.25, -0.2) is 5.43 Å². The van der Waals surface area contributed by atoms with Gasteiger partial charge in [0, 0.05) is 5.56 Å². The first-order chi connectivity index (χ1) is 9.58. The highest BCUT2D eigenvalue weighted by Gasteiger charge is 2.18. The predicted molar refractivity (Wildman–Crippen MR) is 73.9 cm³/mol. The van der Waals surface area contributed by atoms with E-state index in [0.29, 0.717) is 12.0 Å². The molecule has 108 valence electrons. The number of nitrogens with one attached hydrogen (secondary N) is 2. The molecule has 6 heteroatoms. The summed E-state index contributed by atoms with van der Waals surface area (Å²) in [7, 11) is 0. The lowest BCUT2D eigenvalue weighted by Crippen LogP contribution is -2.48. The molecular formula is C14H18N2O4. The molecule has 0 aromatic heterocycles. The molecule has 0 fully saturated rings. The number of amides is 1. The number of aromatic hydroxyl groups is 1. The molecule has 1 amide bonds. The lowest BCUT2D eigenvalue weighted by molar-refractivity contribution is -0.145. The van der Waals surface area contributed by atoms with Gasteiger partial charge in [0.15, 0.2) is 0 Å². The van der Waals surface area contributed by atoms with E-state index in [1.165, 1.54) is 24.3 Å². The first-order valence-corrected chi connectivity index (χ1v) is 6.21. The third-order valence-corrected chi connectivity index (χ3v) is 2.46. The Bertz CT molecular complexity index is 471. The smallest absolute Gasteiger partial charge is 0.325 e. The van der Waals surface area contributed by atoms with Gasteiger partial charge in [-0.15, -0.1) is 6.58 Å². The van der Waals surface area contributed by atoms with Crippen LogP contribution in [0.3, 0.4) is 0 Å². The van der Waals surface area contributed by atoms with Gasteiger partial charge in [0.05, 0.1) is 6.61 Å². The van der Waals surface area contributed by atoms with Crippen LogP contribution in [0.5, 0.6) is 5.75 Å².